The molecule has 2 aromatic carbocycles. The Morgan fingerprint density at radius 3 is 2.95 bits per heavy atom. The minimum absolute atomic E-state index is 0.265. The summed E-state index contributed by atoms with van der Waals surface area (Å²) in [5.74, 6) is 2.05. The first kappa shape index (κ1) is 12.7. The van der Waals surface area contributed by atoms with E-state index in [1.807, 2.05) is 12.1 Å². The van der Waals surface area contributed by atoms with Crippen LogP contribution in [0.1, 0.15) is 35.7 Å². The van der Waals surface area contributed by atoms with Crippen molar-refractivity contribution in [3.63, 3.8) is 0 Å². The average Bonchev–Trinajstić information content (AvgIpc) is 3.13. The molecule has 2 heterocycles. The van der Waals surface area contributed by atoms with E-state index in [1.165, 1.54) is 16.7 Å². The number of rotatable bonds is 3. The Kier molecular flexibility index (Phi) is 3.08. The first-order valence-corrected chi connectivity index (χ1v) is 7.54. The summed E-state index contributed by atoms with van der Waals surface area (Å²) in [5.41, 5.74) is 3.89. The first-order chi connectivity index (χ1) is 10.3. The molecule has 0 radical (unpaired) electrons. The quantitative estimate of drug-likeness (QED) is 0.935. The van der Waals surface area contributed by atoms with Gasteiger partial charge in [-0.15, -0.1) is 0 Å². The summed E-state index contributed by atoms with van der Waals surface area (Å²) in [6.07, 6.45) is 1.02. The van der Waals surface area contributed by atoms with E-state index in [2.05, 4.69) is 42.6 Å². The van der Waals surface area contributed by atoms with Gasteiger partial charge in [0.2, 0.25) is 0 Å². The molecule has 2 aliphatic rings. The van der Waals surface area contributed by atoms with Gasteiger partial charge in [0.1, 0.15) is 18.1 Å². The van der Waals surface area contributed by atoms with Crippen LogP contribution in [0.3, 0.4) is 0 Å². The standard InChI is InChI=1S/C18H19NO2/c1-12(13-6-7-17-14(10-13)8-9-20-17)19-16-11-21-18-5-3-2-4-15(16)18/h2-7,10,12,16,19H,8-9,11H2,1H3. The maximum Gasteiger partial charge on any atom is 0.124 e. The van der Waals surface area contributed by atoms with Crippen LogP contribution in [0.15, 0.2) is 42.5 Å². The smallest absolute Gasteiger partial charge is 0.124 e. The van der Waals surface area contributed by atoms with E-state index in [9.17, 15) is 0 Å². The molecule has 2 aromatic rings. The summed E-state index contributed by atoms with van der Waals surface area (Å²) >= 11 is 0. The Balaban J connectivity index is 1.53. The molecule has 0 aliphatic carbocycles. The predicted molar refractivity (Wildman–Crippen MR) is 81.9 cm³/mol. The van der Waals surface area contributed by atoms with Crippen LogP contribution in [0, 0.1) is 0 Å². The van der Waals surface area contributed by atoms with E-state index in [0.717, 1.165) is 24.5 Å². The zero-order chi connectivity index (χ0) is 14.2. The Bertz CT molecular complexity index is 668. The van der Waals surface area contributed by atoms with Crippen molar-refractivity contribution in [2.45, 2.75) is 25.4 Å². The fraction of sp³-hybridized carbons (Fsp3) is 0.333. The van der Waals surface area contributed by atoms with E-state index < -0.39 is 0 Å². The summed E-state index contributed by atoms with van der Waals surface area (Å²) in [7, 11) is 0. The molecule has 0 amide bonds. The Morgan fingerprint density at radius 2 is 2.00 bits per heavy atom. The number of benzene rings is 2. The van der Waals surface area contributed by atoms with Crippen molar-refractivity contribution < 1.29 is 9.47 Å². The van der Waals surface area contributed by atoms with Crippen LogP contribution in [0.4, 0.5) is 0 Å². The Hall–Kier alpha value is -2.00. The molecule has 2 aliphatic heterocycles. The summed E-state index contributed by atoms with van der Waals surface area (Å²) in [6.45, 7) is 3.72. The molecule has 2 unspecified atom stereocenters. The lowest BCUT2D eigenvalue weighted by Crippen LogP contribution is -2.25. The highest BCUT2D eigenvalue weighted by Gasteiger charge is 2.25. The maximum atomic E-state index is 5.74. The molecule has 3 heteroatoms. The second-order valence-corrected chi connectivity index (χ2v) is 5.76. The van der Waals surface area contributed by atoms with Crippen molar-refractivity contribution in [3.05, 3.63) is 59.2 Å². The molecule has 21 heavy (non-hydrogen) atoms. The van der Waals surface area contributed by atoms with Gasteiger partial charge in [-0.3, -0.25) is 0 Å². The third-order valence-electron chi connectivity index (χ3n) is 4.36. The Labute approximate surface area is 124 Å². The normalized spacial score (nSPS) is 20.3. The van der Waals surface area contributed by atoms with Crippen molar-refractivity contribution in [1.29, 1.82) is 0 Å². The molecule has 0 saturated carbocycles. The lowest BCUT2D eigenvalue weighted by molar-refractivity contribution is 0.301. The highest BCUT2D eigenvalue weighted by Crippen LogP contribution is 2.34. The fourth-order valence-corrected chi connectivity index (χ4v) is 3.17. The minimum Gasteiger partial charge on any atom is -0.493 e. The van der Waals surface area contributed by atoms with Gasteiger partial charge in [-0.05, 0) is 30.2 Å². The second-order valence-electron chi connectivity index (χ2n) is 5.76. The van der Waals surface area contributed by atoms with Crippen molar-refractivity contribution in [2.75, 3.05) is 13.2 Å². The predicted octanol–water partition coefficient (Wildman–Crippen LogP) is 3.41. The van der Waals surface area contributed by atoms with Gasteiger partial charge in [0.15, 0.2) is 0 Å². The molecular weight excluding hydrogens is 262 g/mol. The second kappa shape index (κ2) is 5.08. The maximum absolute atomic E-state index is 5.74. The molecule has 108 valence electrons. The van der Waals surface area contributed by atoms with Crippen LogP contribution in [0.5, 0.6) is 11.5 Å². The molecule has 0 bridgehead atoms. The third kappa shape index (κ3) is 2.28. The van der Waals surface area contributed by atoms with E-state index in [0.29, 0.717) is 6.61 Å². The summed E-state index contributed by atoms with van der Waals surface area (Å²) in [5, 5.41) is 3.68. The zero-order valence-corrected chi connectivity index (χ0v) is 12.1. The zero-order valence-electron chi connectivity index (χ0n) is 12.1. The van der Waals surface area contributed by atoms with Crippen LogP contribution < -0.4 is 14.8 Å². The number of ether oxygens (including phenoxy) is 2. The number of para-hydroxylation sites is 1. The van der Waals surface area contributed by atoms with Gasteiger partial charge in [0, 0.05) is 18.0 Å². The average molecular weight is 281 g/mol. The van der Waals surface area contributed by atoms with Crippen LogP contribution in [0.25, 0.3) is 0 Å². The van der Waals surface area contributed by atoms with Crippen molar-refractivity contribution >= 4 is 0 Å². The number of hydrogen-bond acceptors (Lipinski definition) is 3. The van der Waals surface area contributed by atoms with Gasteiger partial charge in [-0.1, -0.05) is 30.3 Å². The number of hydrogen-bond donors (Lipinski definition) is 1. The molecule has 0 aromatic heterocycles. The number of fused-ring (bicyclic) bond motifs is 2. The highest BCUT2D eigenvalue weighted by molar-refractivity contribution is 5.42. The number of nitrogens with one attached hydrogen (secondary N) is 1. The molecule has 2 atom stereocenters. The monoisotopic (exact) mass is 281 g/mol. The lowest BCUT2D eigenvalue weighted by atomic mass is 10.0. The van der Waals surface area contributed by atoms with Gasteiger partial charge in [0.05, 0.1) is 12.6 Å². The molecule has 3 nitrogen and oxygen atoms in total. The lowest BCUT2D eigenvalue weighted by Gasteiger charge is -2.19. The third-order valence-corrected chi connectivity index (χ3v) is 4.36. The molecular formula is C18H19NO2. The van der Waals surface area contributed by atoms with Gasteiger partial charge < -0.3 is 14.8 Å². The molecule has 0 fully saturated rings. The van der Waals surface area contributed by atoms with Crippen molar-refractivity contribution in [3.8, 4) is 11.5 Å². The summed E-state index contributed by atoms with van der Waals surface area (Å²) in [4.78, 5) is 0. The van der Waals surface area contributed by atoms with E-state index in [1.54, 1.807) is 0 Å². The van der Waals surface area contributed by atoms with Gasteiger partial charge >= 0.3 is 0 Å². The van der Waals surface area contributed by atoms with E-state index >= 15 is 0 Å². The van der Waals surface area contributed by atoms with Crippen LogP contribution in [-0.2, 0) is 6.42 Å². The largest absolute Gasteiger partial charge is 0.493 e. The minimum atomic E-state index is 0.265. The van der Waals surface area contributed by atoms with Gasteiger partial charge in [-0.2, -0.15) is 0 Å². The van der Waals surface area contributed by atoms with Gasteiger partial charge in [0.25, 0.3) is 0 Å². The molecule has 4 rings (SSSR count). The SMILES string of the molecule is CC(NC1COc2ccccc21)c1ccc2c(c1)CCO2. The van der Waals surface area contributed by atoms with Crippen molar-refractivity contribution in [2.24, 2.45) is 0 Å². The molecule has 1 N–H and O–H groups in total. The van der Waals surface area contributed by atoms with E-state index in [4.69, 9.17) is 9.47 Å². The molecule has 0 saturated heterocycles. The summed E-state index contributed by atoms with van der Waals surface area (Å²) < 4.78 is 11.3. The van der Waals surface area contributed by atoms with Gasteiger partial charge in [-0.25, -0.2) is 0 Å². The fourth-order valence-electron chi connectivity index (χ4n) is 3.17. The first-order valence-electron chi connectivity index (χ1n) is 7.54. The van der Waals surface area contributed by atoms with Crippen LogP contribution in [0.2, 0.25) is 0 Å². The highest BCUT2D eigenvalue weighted by atomic mass is 16.5. The van der Waals surface area contributed by atoms with Crippen molar-refractivity contribution in [1.82, 2.24) is 5.32 Å². The summed E-state index contributed by atoms with van der Waals surface area (Å²) in [6, 6.07) is 15.3. The van der Waals surface area contributed by atoms with Crippen LogP contribution >= 0.6 is 0 Å². The molecule has 0 spiro atoms. The topological polar surface area (TPSA) is 30.5 Å². The van der Waals surface area contributed by atoms with E-state index in [-0.39, 0.29) is 12.1 Å². The Morgan fingerprint density at radius 1 is 1.10 bits per heavy atom. The van der Waals surface area contributed by atoms with Crippen LogP contribution in [-0.4, -0.2) is 13.2 Å².